The van der Waals surface area contributed by atoms with Gasteiger partial charge in [-0.25, -0.2) is 4.98 Å². The molecule has 1 aromatic heterocycles. The van der Waals surface area contributed by atoms with E-state index in [-0.39, 0.29) is 18.4 Å². The van der Waals surface area contributed by atoms with Crippen molar-refractivity contribution in [2.45, 2.75) is 45.8 Å². The van der Waals surface area contributed by atoms with Crippen LogP contribution >= 0.6 is 0 Å². The van der Waals surface area contributed by atoms with Gasteiger partial charge in [0.25, 0.3) is 0 Å². The maximum atomic E-state index is 13.0. The van der Waals surface area contributed by atoms with Crippen molar-refractivity contribution in [1.29, 1.82) is 0 Å². The number of hydrogen-bond acceptors (Lipinski definition) is 4. The number of fused-ring (bicyclic) bond motifs is 1. The second-order valence-corrected chi connectivity index (χ2v) is 9.49. The number of aryl methyl sites for hydroxylation is 3. The number of imidazole rings is 1. The lowest BCUT2D eigenvalue weighted by atomic mass is 10.1. The molecule has 1 saturated heterocycles. The normalized spacial score (nSPS) is 16.7. The fourth-order valence-corrected chi connectivity index (χ4v) is 4.99. The lowest BCUT2D eigenvalue weighted by Crippen LogP contribution is -2.27. The van der Waals surface area contributed by atoms with Gasteiger partial charge in [0, 0.05) is 24.6 Å². The zero-order valence-corrected chi connectivity index (χ0v) is 20.4. The highest BCUT2D eigenvalue weighted by molar-refractivity contribution is 5.97. The molecule has 0 spiro atoms. The quantitative estimate of drug-likeness (QED) is 0.417. The summed E-state index contributed by atoms with van der Waals surface area (Å²) in [4.78, 5) is 19.8. The molecule has 180 valence electrons. The molecule has 0 bridgehead atoms. The molecule has 1 N–H and O–H groups in total. The van der Waals surface area contributed by atoms with Gasteiger partial charge in [0.1, 0.15) is 24.3 Å². The Morgan fingerprint density at radius 1 is 1.03 bits per heavy atom. The number of aliphatic hydroxyl groups is 1. The molecule has 3 aromatic carbocycles. The summed E-state index contributed by atoms with van der Waals surface area (Å²) in [6.07, 6.45) is -0.330. The topological polar surface area (TPSA) is 67.6 Å². The number of nitrogens with zero attached hydrogens (tertiary/aromatic N) is 3. The third-order valence-electron chi connectivity index (χ3n) is 6.74. The molecule has 4 aromatic rings. The molecule has 2 heterocycles. The molecule has 6 heteroatoms. The number of para-hydroxylation sites is 3. The van der Waals surface area contributed by atoms with E-state index < -0.39 is 6.10 Å². The maximum absolute atomic E-state index is 13.0. The highest BCUT2D eigenvalue weighted by Crippen LogP contribution is 2.34. The fourth-order valence-electron chi connectivity index (χ4n) is 4.99. The molecule has 6 nitrogen and oxygen atoms in total. The molecule has 0 saturated carbocycles. The molecule has 1 aliphatic heterocycles. The van der Waals surface area contributed by atoms with Crippen LogP contribution in [0, 0.1) is 20.8 Å². The van der Waals surface area contributed by atoms with Gasteiger partial charge < -0.3 is 19.3 Å². The van der Waals surface area contributed by atoms with Gasteiger partial charge in [-0.15, -0.1) is 0 Å². The van der Waals surface area contributed by atoms with E-state index >= 15 is 0 Å². The van der Waals surface area contributed by atoms with Crippen molar-refractivity contribution in [2.24, 2.45) is 0 Å². The zero-order chi connectivity index (χ0) is 24.5. The van der Waals surface area contributed by atoms with E-state index in [9.17, 15) is 9.90 Å². The number of carbonyl (C=O) groups excluding carboxylic acids is 1. The maximum Gasteiger partial charge on any atom is 0.227 e. The van der Waals surface area contributed by atoms with E-state index in [4.69, 9.17) is 9.72 Å². The van der Waals surface area contributed by atoms with Gasteiger partial charge in [0.15, 0.2) is 0 Å². The summed E-state index contributed by atoms with van der Waals surface area (Å²) in [7, 11) is 0. The predicted octanol–water partition coefficient (Wildman–Crippen LogP) is 4.92. The van der Waals surface area contributed by atoms with E-state index in [2.05, 4.69) is 10.6 Å². The third-order valence-corrected chi connectivity index (χ3v) is 6.74. The number of hydrogen-bond donors (Lipinski definition) is 1. The molecule has 0 aliphatic carbocycles. The van der Waals surface area contributed by atoms with Crippen LogP contribution in [-0.4, -0.2) is 39.8 Å². The van der Waals surface area contributed by atoms with E-state index in [0.717, 1.165) is 39.4 Å². The van der Waals surface area contributed by atoms with Crippen LogP contribution in [0.5, 0.6) is 5.75 Å². The summed E-state index contributed by atoms with van der Waals surface area (Å²) in [5.74, 6) is 1.66. The second kappa shape index (κ2) is 9.55. The number of rotatable bonds is 7. The van der Waals surface area contributed by atoms with E-state index in [0.29, 0.717) is 19.5 Å². The van der Waals surface area contributed by atoms with Crippen molar-refractivity contribution in [3.63, 3.8) is 0 Å². The molecular weight excluding hydrogens is 438 g/mol. The number of carbonyl (C=O) groups is 1. The first-order valence-corrected chi connectivity index (χ1v) is 12.1. The number of ether oxygens (including phenoxy) is 1. The Kier molecular flexibility index (Phi) is 6.31. The third kappa shape index (κ3) is 4.66. The average molecular weight is 470 g/mol. The first-order valence-electron chi connectivity index (χ1n) is 12.1. The van der Waals surface area contributed by atoms with Crippen molar-refractivity contribution in [3.8, 4) is 5.75 Å². The van der Waals surface area contributed by atoms with Crippen LogP contribution in [0.15, 0.2) is 66.7 Å². The number of aliphatic hydroxyl groups excluding tert-OH is 1. The van der Waals surface area contributed by atoms with Gasteiger partial charge >= 0.3 is 0 Å². The van der Waals surface area contributed by atoms with Gasteiger partial charge in [-0.3, -0.25) is 4.79 Å². The number of amides is 1. The zero-order valence-electron chi connectivity index (χ0n) is 20.4. The van der Waals surface area contributed by atoms with Crippen molar-refractivity contribution in [1.82, 2.24) is 9.55 Å². The Morgan fingerprint density at radius 2 is 1.80 bits per heavy atom. The average Bonchev–Trinajstić information content (AvgIpc) is 3.39. The lowest BCUT2D eigenvalue weighted by Gasteiger charge is -2.20. The fraction of sp³-hybridized carbons (Fsp3) is 0.310. The predicted molar refractivity (Wildman–Crippen MR) is 138 cm³/mol. The molecule has 1 fully saturated rings. The van der Waals surface area contributed by atoms with Crippen LogP contribution in [0.2, 0.25) is 0 Å². The molecule has 35 heavy (non-hydrogen) atoms. The summed E-state index contributed by atoms with van der Waals surface area (Å²) in [5.41, 5.74) is 6.07. The van der Waals surface area contributed by atoms with Gasteiger partial charge in [0.2, 0.25) is 5.91 Å². The van der Waals surface area contributed by atoms with Crippen LogP contribution in [0.4, 0.5) is 5.69 Å². The minimum absolute atomic E-state index is 0.0537. The second-order valence-electron chi connectivity index (χ2n) is 9.49. The summed E-state index contributed by atoms with van der Waals surface area (Å²) in [6, 6.07) is 21.9. The minimum Gasteiger partial charge on any atom is -0.491 e. The largest absolute Gasteiger partial charge is 0.491 e. The molecule has 0 unspecified atom stereocenters. The molecule has 2 atom stereocenters. The van der Waals surface area contributed by atoms with Crippen LogP contribution in [0.1, 0.15) is 34.9 Å². The molecule has 1 amide bonds. The van der Waals surface area contributed by atoms with Crippen molar-refractivity contribution in [2.75, 3.05) is 18.1 Å². The summed E-state index contributed by atoms with van der Waals surface area (Å²) >= 11 is 0. The van der Waals surface area contributed by atoms with Gasteiger partial charge in [-0.1, -0.05) is 48.0 Å². The molecule has 1 aliphatic rings. The van der Waals surface area contributed by atoms with Crippen molar-refractivity contribution >= 4 is 22.6 Å². The molecule has 5 rings (SSSR count). The molecule has 0 radical (unpaired) electrons. The Balaban J connectivity index is 1.39. The number of anilines is 1. The van der Waals surface area contributed by atoms with E-state index in [1.807, 2.05) is 86.3 Å². The summed E-state index contributed by atoms with van der Waals surface area (Å²) in [5, 5.41) is 10.9. The first kappa shape index (κ1) is 23.1. The van der Waals surface area contributed by atoms with Crippen LogP contribution in [-0.2, 0) is 11.3 Å². The highest BCUT2D eigenvalue weighted by Gasteiger charge is 2.35. The first-order chi connectivity index (χ1) is 16.9. The SMILES string of the molecule is Cc1ccc(OC[C@@H](O)Cn2c([C@H]3CC(=O)N(c4ccccc4C)C3)nc3ccccc32)c(C)c1. The van der Waals surface area contributed by atoms with E-state index in [1.54, 1.807) is 0 Å². The van der Waals surface area contributed by atoms with Crippen molar-refractivity contribution < 1.29 is 14.6 Å². The Bertz CT molecular complexity index is 1380. The van der Waals surface area contributed by atoms with E-state index in [1.165, 1.54) is 5.56 Å². The van der Waals surface area contributed by atoms with Crippen LogP contribution < -0.4 is 9.64 Å². The lowest BCUT2D eigenvalue weighted by molar-refractivity contribution is -0.117. The van der Waals surface area contributed by atoms with Gasteiger partial charge in [-0.05, 0) is 56.2 Å². The molecular formula is C29H31N3O3. The Hall–Kier alpha value is -3.64. The summed E-state index contributed by atoms with van der Waals surface area (Å²) in [6.45, 7) is 7.17. The minimum atomic E-state index is -0.725. The number of benzene rings is 3. The smallest absolute Gasteiger partial charge is 0.227 e. The van der Waals surface area contributed by atoms with Gasteiger partial charge in [0.05, 0.1) is 17.6 Å². The van der Waals surface area contributed by atoms with Crippen molar-refractivity contribution in [3.05, 3.63) is 89.2 Å². The van der Waals surface area contributed by atoms with Gasteiger partial charge in [-0.2, -0.15) is 0 Å². The Labute approximate surface area is 205 Å². The van der Waals surface area contributed by atoms with Crippen LogP contribution in [0.3, 0.4) is 0 Å². The summed E-state index contributed by atoms with van der Waals surface area (Å²) < 4.78 is 8.00. The standard InChI is InChI=1S/C29H31N3O3/c1-19-12-13-27(21(3)14-19)35-18-23(33)17-32-26-11-7-5-9-24(26)30-29(32)22-15-28(34)31(16-22)25-10-6-4-8-20(25)2/h4-14,22-23,33H,15-18H2,1-3H3/t22-,23-/m0/s1. The Morgan fingerprint density at radius 3 is 2.60 bits per heavy atom. The van der Waals surface area contributed by atoms with Crippen LogP contribution in [0.25, 0.3) is 11.0 Å². The highest BCUT2D eigenvalue weighted by atomic mass is 16.5. The monoisotopic (exact) mass is 469 g/mol. The number of aromatic nitrogens is 2.